The van der Waals surface area contributed by atoms with Gasteiger partial charge in [0.05, 0.1) is 12.1 Å². The lowest BCUT2D eigenvalue weighted by Crippen LogP contribution is -2.36. The van der Waals surface area contributed by atoms with Crippen LogP contribution in [0.2, 0.25) is 0 Å². The van der Waals surface area contributed by atoms with Crippen LogP contribution in [0.25, 0.3) is 0 Å². The van der Waals surface area contributed by atoms with Crippen molar-refractivity contribution in [2.45, 2.75) is 49.6 Å². The predicted molar refractivity (Wildman–Crippen MR) is 98.5 cm³/mol. The highest BCUT2D eigenvalue weighted by molar-refractivity contribution is 8.00. The monoisotopic (exact) mass is 374 g/mol. The number of carbonyl (C=O) groups excluding carboxylic acids is 2. The molecule has 3 atom stereocenters. The average Bonchev–Trinajstić information content (AvgIpc) is 3.18. The summed E-state index contributed by atoms with van der Waals surface area (Å²) in [5.74, 6) is 1.49. The number of rotatable bonds is 8. The van der Waals surface area contributed by atoms with Gasteiger partial charge in [-0.15, -0.1) is 5.26 Å². The summed E-state index contributed by atoms with van der Waals surface area (Å²) in [6.45, 7) is 0.464. The number of benzene rings is 1. The van der Waals surface area contributed by atoms with Gasteiger partial charge in [-0.05, 0) is 30.5 Å². The first-order chi connectivity index (χ1) is 12.7. The van der Waals surface area contributed by atoms with E-state index in [0.29, 0.717) is 24.0 Å². The number of nitrogens with zero attached hydrogens (tertiary/aromatic N) is 1. The summed E-state index contributed by atoms with van der Waals surface area (Å²) in [6, 6.07) is 7.48. The Morgan fingerprint density at radius 2 is 2.12 bits per heavy atom. The summed E-state index contributed by atoms with van der Waals surface area (Å²) in [4.78, 5) is 23.3. The van der Waals surface area contributed by atoms with Gasteiger partial charge >= 0.3 is 6.03 Å². The molecule has 2 aliphatic heterocycles. The Kier molecular flexibility index (Phi) is 6.23. The van der Waals surface area contributed by atoms with Crippen molar-refractivity contribution in [1.82, 2.24) is 16.0 Å². The van der Waals surface area contributed by atoms with Crippen LogP contribution in [-0.4, -0.2) is 35.0 Å². The molecule has 2 saturated heterocycles. The molecular formula is C18H22N4O3S. The van der Waals surface area contributed by atoms with Crippen LogP contribution in [-0.2, 0) is 11.3 Å². The van der Waals surface area contributed by atoms with Crippen molar-refractivity contribution < 1.29 is 14.3 Å². The van der Waals surface area contributed by atoms with Crippen LogP contribution in [0.1, 0.15) is 31.2 Å². The summed E-state index contributed by atoms with van der Waals surface area (Å²) in [7, 11) is 0. The fraction of sp³-hybridized carbons (Fsp3) is 0.500. The molecular weight excluding hydrogens is 352 g/mol. The number of amides is 3. The Labute approximate surface area is 156 Å². The van der Waals surface area contributed by atoms with Crippen molar-refractivity contribution in [1.29, 1.82) is 5.26 Å². The highest BCUT2D eigenvalue weighted by atomic mass is 32.2. The van der Waals surface area contributed by atoms with Gasteiger partial charge in [-0.3, -0.25) is 4.79 Å². The molecule has 0 aromatic heterocycles. The van der Waals surface area contributed by atoms with Crippen molar-refractivity contribution in [3.63, 3.8) is 0 Å². The minimum Gasteiger partial charge on any atom is -0.388 e. The fourth-order valence-corrected chi connectivity index (χ4v) is 4.83. The normalized spacial score (nSPS) is 23.5. The topological polar surface area (TPSA) is 103 Å². The molecule has 0 unspecified atom stereocenters. The van der Waals surface area contributed by atoms with Crippen molar-refractivity contribution in [2.24, 2.45) is 0 Å². The number of ether oxygens (including phenoxy) is 1. The van der Waals surface area contributed by atoms with Crippen LogP contribution in [0.5, 0.6) is 5.75 Å². The molecule has 138 valence electrons. The molecule has 1 aromatic rings. The van der Waals surface area contributed by atoms with Crippen molar-refractivity contribution in [3.05, 3.63) is 29.8 Å². The number of nitriles is 1. The molecule has 3 rings (SSSR count). The second kappa shape index (κ2) is 8.81. The number of urea groups is 1. The number of thioether (sulfide) groups is 1. The van der Waals surface area contributed by atoms with E-state index in [2.05, 4.69) is 16.0 Å². The Morgan fingerprint density at radius 3 is 2.88 bits per heavy atom. The Bertz CT molecular complexity index is 689. The van der Waals surface area contributed by atoms with Crippen LogP contribution in [0, 0.1) is 11.5 Å². The van der Waals surface area contributed by atoms with E-state index >= 15 is 0 Å². The molecule has 8 heteroatoms. The lowest BCUT2D eigenvalue weighted by Gasteiger charge is -2.16. The third-order valence-corrected chi connectivity index (χ3v) is 6.17. The SMILES string of the molecule is N#COc1ccc(CNC(=O)CCCC[C@@H]2SC[C@@H]3NC(=O)N[C@@H]32)cc1. The summed E-state index contributed by atoms with van der Waals surface area (Å²) < 4.78 is 4.72. The number of carbonyl (C=O) groups is 2. The van der Waals surface area contributed by atoms with E-state index in [-0.39, 0.29) is 24.0 Å². The van der Waals surface area contributed by atoms with Crippen molar-refractivity contribution >= 4 is 23.7 Å². The third kappa shape index (κ3) is 4.82. The Morgan fingerprint density at radius 1 is 1.31 bits per heavy atom. The zero-order valence-corrected chi connectivity index (χ0v) is 15.2. The highest BCUT2D eigenvalue weighted by Gasteiger charge is 2.42. The summed E-state index contributed by atoms with van der Waals surface area (Å²) in [5, 5.41) is 17.7. The van der Waals surface area contributed by atoms with Crippen LogP contribution < -0.4 is 20.7 Å². The minimum atomic E-state index is -0.0584. The molecule has 1 aromatic carbocycles. The zero-order valence-electron chi connectivity index (χ0n) is 14.4. The summed E-state index contributed by atoms with van der Waals surface area (Å²) >= 11 is 1.90. The molecule has 2 fully saturated rings. The van der Waals surface area contributed by atoms with E-state index in [1.165, 1.54) is 0 Å². The standard InChI is InChI=1S/C18H22N4O3S/c19-11-25-13-7-5-12(6-8-13)9-20-16(23)4-2-1-3-15-17-14(10-26-15)21-18(24)22-17/h5-8,14-15,17H,1-4,9-10H2,(H,20,23)(H2,21,22,24)/t14-,15-,17-/m0/s1. The van der Waals surface area contributed by atoms with Gasteiger partial charge in [0.1, 0.15) is 5.75 Å². The number of fused-ring (bicyclic) bond motifs is 1. The Hall–Kier alpha value is -2.40. The van der Waals surface area contributed by atoms with E-state index in [9.17, 15) is 9.59 Å². The third-order valence-electron chi connectivity index (χ3n) is 4.66. The fourth-order valence-electron chi connectivity index (χ4n) is 3.29. The van der Waals surface area contributed by atoms with Gasteiger partial charge in [0.2, 0.25) is 5.91 Å². The summed E-state index contributed by atoms with van der Waals surface area (Å²) in [5.41, 5.74) is 0.960. The van der Waals surface area contributed by atoms with E-state index in [1.54, 1.807) is 18.4 Å². The molecule has 2 aliphatic rings. The number of hydrogen-bond donors (Lipinski definition) is 3. The van der Waals surface area contributed by atoms with Crippen LogP contribution in [0.3, 0.4) is 0 Å². The van der Waals surface area contributed by atoms with Gasteiger partial charge in [0.15, 0.2) is 0 Å². The second-order valence-electron chi connectivity index (χ2n) is 6.48. The molecule has 3 N–H and O–H groups in total. The van der Waals surface area contributed by atoms with Gasteiger partial charge in [0, 0.05) is 24.0 Å². The largest absolute Gasteiger partial charge is 0.388 e. The molecule has 26 heavy (non-hydrogen) atoms. The van der Waals surface area contributed by atoms with E-state index < -0.39 is 0 Å². The van der Waals surface area contributed by atoms with Crippen LogP contribution in [0.4, 0.5) is 4.79 Å². The first kappa shape index (κ1) is 18.4. The Balaban J connectivity index is 1.30. The molecule has 0 bridgehead atoms. The highest BCUT2D eigenvalue weighted by Crippen LogP contribution is 2.33. The molecule has 0 saturated carbocycles. The van der Waals surface area contributed by atoms with Gasteiger partial charge in [0.25, 0.3) is 6.26 Å². The van der Waals surface area contributed by atoms with Crippen LogP contribution in [0.15, 0.2) is 24.3 Å². The molecule has 0 aliphatic carbocycles. The summed E-state index contributed by atoms with van der Waals surface area (Å²) in [6.07, 6.45) is 4.96. The van der Waals surface area contributed by atoms with Gasteiger partial charge in [-0.2, -0.15) is 11.8 Å². The first-order valence-electron chi connectivity index (χ1n) is 8.76. The molecule has 0 radical (unpaired) electrons. The van der Waals surface area contributed by atoms with Gasteiger partial charge in [-0.1, -0.05) is 18.6 Å². The maximum atomic E-state index is 12.0. The lowest BCUT2D eigenvalue weighted by molar-refractivity contribution is -0.121. The molecule has 3 amide bonds. The van der Waals surface area contributed by atoms with Crippen molar-refractivity contribution in [3.8, 4) is 12.0 Å². The lowest BCUT2D eigenvalue weighted by atomic mass is 10.0. The zero-order chi connectivity index (χ0) is 18.4. The molecule has 2 heterocycles. The smallest absolute Gasteiger partial charge is 0.315 e. The number of hydrogen-bond acceptors (Lipinski definition) is 5. The van der Waals surface area contributed by atoms with Crippen molar-refractivity contribution in [2.75, 3.05) is 5.75 Å². The predicted octanol–water partition coefficient (Wildman–Crippen LogP) is 1.89. The number of unbranched alkanes of at least 4 members (excludes halogenated alkanes) is 1. The quantitative estimate of drug-likeness (QED) is 0.366. The van der Waals surface area contributed by atoms with Crippen LogP contribution >= 0.6 is 11.8 Å². The number of nitrogens with one attached hydrogen (secondary N) is 3. The van der Waals surface area contributed by atoms with E-state index in [0.717, 1.165) is 30.6 Å². The molecule has 7 nitrogen and oxygen atoms in total. The molecule has 0 spiro atoms. The maximum absolute atomic E-state index is 12.0. The second-order valence-corrected chi connectivity index (χ2v) is 7.75. The average molecular weight is 374 g/mol. The van der Waals surface area contributed by atoms with Gasteiger partial charge in [-0.25, -0.2) is 4.79 Å². The van der Waals surface area contributed by atoms with E-state index in [1.807, 2.05) is 23.9 Å². The maximum Gasteiger partial charge on any atom is 0.315 e. The minimum absolute atomic E-state index is 0.0372. The van der Waals surface area contributed by atoms with Gasteiger partial charge < -0.3 is 20.7 Å². The van der Waals surface area contributed by atoms with E-state index in [4.69, 9.17) is 10.00 Å². The first-order valence-corrected chi connectivity index (χ1v) is 9.81.